The van der Waals surface area contributed by atoms with Crippen molar-refractivity contribution in [3.05, 3.63) is 41.1 Å². The molecule has 1 aliphatic heterocycles. The minimum Gasteiger partial charge on any atom is -0.451 e. The maximum Gasteiger partial charge on any atom is 0.289 e. The van der Waals surface area contributed by atoms with Gasteiger partial charge in [0, 0.05) is 29.4 Å². The molecule has 1 aromatic carbocycles. The van der Waals surface area contributed by atoms with Crippen LogP contribution in [0.25, 0.3) is 11.3 Å². The van der Waals surface area contributed by atoms with Gasteiger partial charge in [-0.1, -0.05) is 11.6 Å². The maximum absolute atomic E-state index is 12.6. The lowest BCUT2D eigenvalue weighted by Gasteiger charge is -2.34. The topological polar surface area (TPSA) is 68.7 Å². The molecular weight excluding hydrogens is 316 g/mol. The van der Waals surface area contributed by atoms with Gasteiger partial charge in [-0.15, -0.1) is 0 Å². The highest BCUT2D eigenvalue weighted by molar-refractivity contribution is 6.31. The number of nitrogens with zero attached hydrogens (tertiary/aromatic N) is 1. The highest BCUT2D eigenvalue weighted by atomic mass is 35.5. The van der Waals surface area contributed by atoms with E-state index in [1.807, 2.05) is 13.8 Å². The number of benzene rings is 1. The molecule has 2 aromatic rings. The van der Waals surface area contributed by atoms with Crippen molar-refractivity contribution in [2.75, 3.05) is 18.8 Å². The lowest BCUT2D eigenvalue weighted by molar-refractivity contribution is -0.0592. The third-order valence-corrected chi connectivity index (χ3v) is 4.04. The molecule has 2 N–H and O–H groups in total. The number of anilines is 1. The van der Waals surface area contributed by atoms with Gasteiger partial charge in [0.15, 0.2) is 5.76 Å². The molecule has 0 aliphatic carbocycles. The van der Waals surface area contributed by atoms with E-state index in [1.54, 1.807) is 35.2 Å². The number of morpholine rings is 1. The molecule has 1 saturated heterocycles. The second-order valence-electron chi connectivity index (χ2n) is 5.86. The lowest BCUT2D eigenvalue weighted by Crippen LogP contribution is -2.48. The van der Waals surface area contributed by atoms with Crippen LogP contribution in [-0.4, -0.2) is 36.1 Å². The van der Waals surface area contributed by atoms with Crippen LogP contribution < -0.4 is 5.73 Å². The highest BCUT2D eigenvalue weighted by Gasteiger charge is 2.28. The zero-order valence-electron chi connectivity index (χ0n) is 13.1. The standard InChI is InChI=1S/C17H19ClN2O3/c1-10-8-20(9-11(2)22-10)17(21)16-6-5-15(23-16)13-4-3-12(18)7-14(13)19/h3-7,10-11H,8-9,19H2,1-2H3/t10-,11-/m1/s1. The second-order valence-corrected chi connectivity index (χ2v) is 6.30. The summed E-state index contributed by atoms with van der Waals surface area (Å²) in [6.45, 7) is 5.03. The number of carbonyl (C=O) groups is 1. The summed E-state index contributed by atoms with van der Waals surface area (Å²) < 4.78 is 11.4. The van der Waals surface area contributed by atoms with Crippen LogP contribution >= 0.6 is 11.6 Å². The number of rotatable bonds is 2. The van der Waals surface area contributed by atoms with Gasteiger partial charge >= 0.3 is 0 Å². The first kappa shape index (κ1) is 15.9. The quantitative estimate of drug-likeness (QED) is 0.854. The van der Waals surface area contributed by atoms with Gasteiger partial charge < -0.3 is 19.8 Å². The molecule has 0 bridgehead atoms. The molecule has 23 heavy (non-hydrogen) atoms. The third kappa shape index (κ3) is 3.35. The predicted octanol–water partition coefficient (Wildman–Crippen LogP) is 3.43. The molecule has 1 amide bonds. The molecule has 1 fully saturated rings. The Balaban J connectivity index is 1.82. The van der Waals surface area contributed by atoms with Crippen molar-refractivity contribution >= 4 is 23.2 Å². The van der Waals surface area contributed by atoms with Gasteiger partial charge in [-0.05, 0) is 44.2 Å². The van der Waals surface area contributed by atoms with Crippen molar-refractivity contribution in [1.29, 1.82) is 0 Å². The van der Waals surface area contributed by atoms with E-state index in [-0.39, 0.29) is 18.1 Å². The molecule has 6 heteroatoms. The monoisotopic (exact) mass is 334 g/mol. The summed E-state index contributed by atoms with van der Waals surface area (Å²) >= 11 is 5.91. The van der Waals surface area contributed by atoms with Crippen molar-refractivity contribution in [1.82, 2.24) is 4.90 Å². The van der Waals surface area contributed by atoms with Crippen molar-refractivity contribution in [2.45, 2.75) is 26.1 Å². The first-order chi connectivity index (χ1) is 10.9. The van der Waals surface area contributed by atoms with E-state index < -0.39 is 0 Å². The van der Waals surface area contributed by atoms with E-state index >= 15 is 0 Å². The zero-order chi connectivity index (χ0) is 16.6. The number of hydrogen-bond donors (Lipinski definition) is 1. The van der Waals surface area contributed by atoms with Crippen LogP contribution in [-0.2, 0) is 4.74 Å². The van der Waals surface area contributed by atoms with E-state index in [0.717, 1.165) is 5.56 Å². The molecule has 3 rings (SSSR count). The van der Waals surface area contributed by atoms with Gasteiger partial charge in [0.1, 0.15) is 5.76 Å². The fraction of sp³-hybridized carbons (Fsp3) is 0.353. The summed E-state index contributed by atoms with van der Waals surface area (Å²) in [6.07, 6.45) is 0.0353. The Labute approximate surface area is 140 Å². The van der Waals surface area contributed by atoms with Crippen molar-refractivity contribution < 1.29 is 13.9 Å². The molecule has 5 nitrogen and oxygen atoms in total. The minimum atomic E-state index is -0.134. The summed E-state index contributed by atoms with van der Waals surface area (Å²) in [7, 11) is 0. The molecule has 0 radical (unpaired) electrons. The van der Waals surface area contributed by atoms with Crippen LogP contribution in [0.1, 0.15) is 24.4 Å². The first-order valence-electron chi connectivity index (χ1n) is 7.54. The number of amides is 1. The van der Waals surface area contributed by atoms with Gasteiger partial charge in [0.05, 0.1) is 12.2 Å². The molecule has 0 spiro atoms. The summed E-state index contributed by atoms with van der Waals surface area (Å²) in [5, 5.41) is 0.561. The van der Waals surface area contributed by atoms with E-state index in [0.29, 0.717) is 35.3 Å². The van der Waals surface area contributed by atoms with Crippen LogP contribution in [0.4, 0.5) is 5.69 Å². The molecule has 2 heterocycles. The lowest BCUT2D eigenvalue weighted by atomic mass is 10.1. The number of ether oxygens (including phenoxy) is 1. The van der Waals surface area contributed by atoms with Crippen LogP contribution in [0.2, 0.25) is 5.02 Å². The Morgan fingerprint density at radius 3 is 2.57 bits per heavy atom. The molecular formula is C17H19ClN2O3. The van der Waals surface area contributed by atoms with Crippen molar-refractivity contribution in [3.8, 4) is 11.3 Å². The molecule has 122 valence electrons. The van der Waals surface area contributed by atoms with Crippen LogP contribution in [0.15, 0.2) is 34.7 Å². The Morgan fingerprint density at radius 1 is 1.22 bits per heavy atom. The fourth-order valence-corrected chi connectivity index (χ4v) is 3.04. The average Bonchev–Trinajstić information content (AvgIpc) is 2.95. The second kappa shape index (κ2) is 6.26. The molecule has 1 aliphatic rings. The van der Waals surface area contributed by atoms with E-state index in [9.17, 15) is 4.79 Å². The van der Waals surface area contributed by atoms with Gasteiger partial charge in [0.25, 0.3) is 5.91 Å². The number of halogens is 1. The molecule has 1 aromatic heterocycles. The van der Waals surface area contributed by atoms with E-state index in [1.165, 1.54) is 0 Å². The summed E-state index contributed by atoms with van der Waals surface area (Å²) in [4.78, 5) is 14.4. The molecule has 0 unspecified atom stereocenters. The Kier molecular flexibility index (Phi) is 4.33. The van der Waals surface area contributed by atoms with Crippen molar-refractivity contribution in [3.63, 3.8) is 0 Å². The van der Waals surface area contributed by atoms with Gasteiger partial charge in [0.2, 0.25) is 0 Å². The van der Waals surface area contributed by atoms with Gasteiger partial charge in [-0.3, -0.25) is 4.79 Å². The third-order valence-electron chi connectivity index (χ3n) is 3.80. The van der Waals surface area contributed by atoms with Crippen LogP contribution in [0.3, 0.4) is 0 Å². The first-order valence-corrected chi connectivity index (χ1v) is 7.92. The Morgan fingerprint density at radius 2 is 1.91 bits per heavy atom. The Hall–Kier alpha value is -1.98. The SMILES string of the molecule is C[C@@H]1CN(C(=O)c2ccc(-c3ccc(Cl)cc3N)o2)C[C@@H](C)O1. The number of nitrogen functional groups attached to an aromatic ring is 1. The van der Waals surface area contributed by atoms with Crippen LogP contribution in [0, 0.1) is 0 Å². The van der Waals surface area contributed by atoms with Crippen molar-refractivity contribution in [2.24, 2.45) is 0 Å². The largest absolute Gasteiger partial charge is 0.451 e. The molecule has 0 saturated carbocycles. The van der Waals surface area contributed by atoms with E-state index in [2.05, 4.69) is 0 Å². The number of hydrogen-bond acceptors (Lipinski definition) is 4. The normalized spacial score (nSPS) is 21.4. The summed E-state index contributed by atoms with van der Waals surface area (Å²) in [6, 6.07) is 8.61. The summed E-state index contributed by atoms with van der Waals surface area (Å²) in [5.41, 5.74) is 7.19. The maximum atomic E-state index is 12.6. The van der Waals surface area contributed by atoms with Crippen LogP contribution in [0.5, 0.6) is 0 Å². The summed E-state index contributed by atoms with van der Waals surface area (Å²) in [5.74, 6) is 0.721. The van der Waals surface area contributed by atoms with Gasteiger partial charge in [-0.2, -0.15) is 0 Å². The number of furan rings is 1. The zero-order valence-corrected chi connectivity index (χ0v) is 13.8. The number of nitrogens with two attached hydrogens (primary N) is 1. The highest BCUT2D eigenvalue weighted by Crippen LogP contribution is 2.30. The van der Waals surface area contributed by atoms with E-state index in [4.69, 9.17) is 26.5 Å². The fourth-order valence-electron chi connectivity index (χ4n) is 2.86. The van der Waals surface area contributed by atoms with Gasteiger partial charge in [-0.25, -0.2) is 0 Å². The minimum absolute atomic E-state index is 0.0176. The molecule has 2 atom stereocenters. The number of carbonyl (C=O) groups excluding carboxylic acids is 1. The smallest absolute Gasteiger partial charge is 0.289 e. The average molecular weight is 335 g/mol. The predicted molar refractivity (Wildman–Crippen MR) is 89.5 cm³/mol. The Bertz CT molecular complexity index is 718.